The van der Waals surface area contributed by atoms with Crippen LogP contribution in [0.25, 0.3) is 10.9 Å². The molecule has 0 spiro atoms. The van der Waals surface area contributed by atoms with Crippen LogP contribution < -0.4 is 10.9 Å². The minimum Gasteiger partial charge on any atom is -0.356 e. The average molecular weight is 369 g/mol. The minimum absolute atomic E-state index is 0.0181. The van der Waals surface area contributed by atoms with Crippen LogP contribution in [0.3, 0.4) is 0 Å². The van der Waals surface area contributed by atoms with Gasteiger partial charge in [0.2, 0.25) is 5.91 Å². The van der Waals surface area contributed by atoms with Gasteiger partial charge in [-0.25, -0.2) is 0 Å². The molecular formula is C21H21ClN2O2. The van der Waals surface area contributed by atoms with Crippen molar-refractivity contribution in [2.45, 2.75) is 26.2 Å². The molecule has 26 heavy (non-hydrogen) atoms. The predicted octanol–water partition coefficient (Wildman–Crippen LogP) is 3.78. The van der Waals surface area contributed by atoms with E-state index in [1.165, 1.54) is 0 Å². The first-order valence-corrected chi connectivity index (χ1v) is 9.03. The maximum absolute atomic E-state index is 12.0. The van der Waals surface area contributed by atoms with Crippen LogP contribution in [0.1, 0.15) is 23.1 Å². The lowest BCUT2D eigenvalue weighted by Crippen LogP contribution is -2.25. The Morgan fingerprint density at radius 3 is 2.69 bits per heavy atom. The Morgan fingerprint density at radius 2 is 1.88 bits per heavy atom. The van der Waals surface area contributed by atoms with Crippen molar-refractivity contribution in [2.24, 2.45) is 0 Å². The quantitative estimate of drug-likeness (QED) is 0.695. The Morgan fingerprint density at radius 1 is 1.08 bits per heavy atom. The highest BCUT2D eigenvalue weighted by molar-refractivity contribution is 6.30. The third-order valence-electron chi connectivity index (χ3n) is 4.36. The summed E-state index contributed by atoms with van der Waals surface area (Å²) >= 11 is 5.95. The molecule has 3 rings (SSSR count). The van der Waals surface area contributed by atoms with E-state index >= 15 is 0 Å². The molecule has 0 saturated carbocycles. The van der Waals surface area contributed by atoms with E-state index in [1.807, 2.05) is 48.5 Å². The van der Waals surface area contributed by atoms with Crippen LogP contribution in [-0.2, 0) is 17.6 Å². The van der Waals surface area contributed by atoms with Gasteiger partial charge in [0.15, 0.2) is 0 Å². The van der Waals surface area contributed by atoms with E-state index in [1.54, 1.807) is 6.92 Å². The monoisotopic (exact) mass is 368 g/mol. The number of rotatable bonds is 6. The summed E-state index contributed by atoms with van der Waals surface area (Å²) in [5.74, 6) is 0.0181. The summed E-state index contributed by atoms with van der Waals surface area (Å²) in [6.07, 6.45) is 1.80. The number of aromatic amines is 1. The van der Waals surface area contributed by atoms with Crippen molar-refractivity contribution in [2.75, 3.05) is 6.54 Å². The molecule has 4 nitrogen and oxygen atoms in total. The van der Waals surface area contributed by atoms with E-state index < -0.39 is 0 Å². The summed E-state index contributed by atoms with van der Waals surface area (Å²) < 4.78 is 0. The van der Waals surface area contributed by atoms with Crippen molar-refractivity contribution in [1.29, 1.82) is 0 Å². The SMILES string of the molecule is Cc1cc2ccc(CCC(=O)NCCc3cccc(Cl)c3)cc2[nH]c1=O. The predicted molar refractivity (Wildman–Crippen MR) is 106 cm³/mol. The van der Waals surface area contributed by atoms with Gasteiger partial charge in [-0.1, -0.05) is 35.9 Å². The molecule has 0 aliphatic heterocycles. The maximum Gasteiger partial charge on any atom is 0.251 e. The Balaban J connectivity index is 1.52. The fourth-order valence-electron chi connectivity index (χ4n) is 2.90. The maximum atomic E-state index is 12.0. The van der Waals surface area contributed by atoms with Crippen LogP contribution in [0.5, 0.6) is 0 Å². The molecule has 0 atom stereocenters. The lowest BCUT2D eigenvalue weighted by atomic mass is 10.1. The lowest BCUT2D eigenvalue weighted by molar-refractivity contribution is -0.121. The van der Waals surface area contributed by atoms with Crippen molar-refractivity contribution < 1.29 is 4.79 Å². The molecule has 0 aliphatic carbocycles. The number of pyridine rings is 1. The van der Waals surface area contributed by atoms with Crippen LogP contribution in [0, 0.1) is 6.92 Å². The highest BCUT2D eigenvalue weighted by atomic mass is 35.5. The second-order valence-corrected chi connectivity index (χ2v) is 6.87. The minimum atomic E-state index is -0.0755. The molecular weight excluding hydrogens is 348 g/mol. The summed E-state index contributed by atoms with van der Waals surface area (Å²) in [6.45, 7) is 2.38. The number of amides is 1. The second-order valence-electron chi connectivity index (χ2n) is 6.43. The number of aryl methyl sites for hydroxylation is 2. The summed E-state index contributed by atoms with van der Waals surface area (Å²) in [5.41, 5.74) is 3.56. The van der Waals surface area contributed by atoms with Gasteiger partial charge in [0.05, 0.1) is 0 Å². The van der Waals surface area contributed by atoms with Gasteiger partial charge in [-0.2, -0.15) is 0 Å². The van der Waals surface area contributed by atoms with Gasteiger partial charge in [-0.3, -0.25) is 9.59 Å². The van der Waals surface area contributed by atoms with Gasteiger partial charge in [0, 0.05) is 29.1 Å². The largest absolute Gasteiger partial charge is 0.356 e. The molecule has 0 radical (unpaired) electrons. The van der Waals surface area contributed by atoms with Gasteiger partial charge >= 0.3 is 0 Å². The van der Waals surface area contributed by atoms with Crippen molar-refractivity contribution in [3.63, 3.8) is 0 Å². The van der Waals surface area contributed by atoms with E-state index in [0.29, 0.717) is 30.0 Å². The van der Waals surface area contributed by atoms with Crippen molar-refractivity contribution in [3.8, 4) is 0 Å². The first-order valence-electron chi connectivity index (χ1n) is 8.65. The fraction of sp³-hybridized carbons (Fsp3) is 0.238. The van der Waals surface area contributed by atoms with Crippen molar-refractivity contribution in [1.82, 2.24) is 10.3 Å². The highest BCUT2D eigenvalue weighted by Crippen LogP contribution is 2.15. The number of carbonyl (C=O) groups is 1. The molecule has 1 aromatic heterocycles. The number of hydrogen-bond acceptors (Lipinski definition) is 2. The number of hydrogen-bond donors (Lipinski definition) is 2. The number of carbonyl (C=O) groups excluding carboxylic acids is 1. The summed E-state index contributed by atoms with van der Waals surface area (Å²) in [5, 5.41) is 4.64. The normalized spacial score (nSPS) is 10.8. The lowest BCUT2D eigenvalue weighted by Gasteiger charge is -2.07. The van der Waals surface area contributed by atoms with E-state index in [4.69, 9.17) is 11.6 Å². The summed E-state index contributed by atoms with van der Waals surface area (Å²) in [6, 6.07) is 15.4. The van der Waals surface area contributed by atoms with Crippen LogP contribution in [-0.4, -0.2) is 17.4 Å². The van der Waals surface area contributed by atoms with Crippen LogP contribution >= 0.6 is 11.6 Å². The van der Waals surface area contributed by atoms with Crippen LogP contribution in [0.15, 0.2) is 53.3 Å². The average Bonchev–Trinajstić information content (AvgIpc) is 2.61. The molecule has 1 heterocycles. The van der Waals surface area contributed by atoms with Gasteiger partial charge in [0.1, 0.15) is 0 Å². The second kappa shape index (κ2) is 8.19. The Hall–Kier alpha value is -2.59. The zero-order chi connectivity index (χ0) is 18.5. The molecule has 0 bridgehead atoms. The van der Waals surface area contributed by atoms with E-state index in [9.17, 15) is 9.59 Å². The summed E-state index contributed by atoms with van der Waals surface area (Å²) in [4.78, 5) is 26.7. The number of nitrogens with one attached hydrogen (secondary N) is 2. The number of halogens is 1. The van der Waals surface area contributed by atoms with Crippen LogP contribution in [0.4, 0.5) is 0 Å². The molecule has 2 aromatic carbocycles. The van der Waals surface area contributed by atoms with Crippen molar-refractivity contribution >= 4 is 28.4 Å². The third kappa shape index (κ3) is 4.73. The Labute approximate surface area is 157 Å². The molecule has 0 saturated heterocycles. The topological polar surface area (TPSA) is 62.0 Å². The molecule has 1 amide bonds. The molecule has 2 N–H and O–H groups in total. The van der Waals surface area contributed by atoms with Gasteiger partial charge in [-0.05, 0) is 60.5 Å². The number of H-pyrrole nitrogens is 1. The molecule has 5 heteroatoms. The van der Waals surface area contributed by atoms with Gasteiger partial charge < -0.3 is 10.3 Å². The first kappa shape index (κ1) is 18.2. The fourth-order valence-corrected chi connectivity index (χ4v) is 3.11. The van der Waals surface area contributed by atoms with E-state index in [0.717, 1.165) is 28.5 Å². The molecule has 134 valence electrons. The Bertz CT molecular complexity index is 995. The van der Waals surface area contributed by atoms with Crippen LogP contribution in [0.2, 0.25) is 5.02 Å². The highest BCUT2D eigenvalue weighted by Gasteiger charge is 2.05. The molecule has 0 unspecified atom stereocenters. The van der Waals surface area contributed by atoms with Crippen molar-refractivity contribution in [3.05, 3.63) is 80.6 Å². The smallest absolute Gasteiger partial charge is 0.251 e. The number of fused-ring (bicyclic) bond motifs is 1. The zero-order valence-electron chi connectivity index (χ0n) is 14.6. The number of aromatic nitrogens is 1. The van der Waals surface area contributed by atoms with Gasteiger partial charge in [0.25, 0.3) is 5.56 Å². The zero-order valence-corrected chi connectivity index (χ0v) is 15.4. The standard InChI is InChI=1S/C21H21ClN2O2/c1-14-11-17-7-5-16(13-19(17)24-21(14)26)6-8-20(25)23-10-9-15-3-2-4-18(22)12-15/h2-5,7,11-13H,6,8-10H2,1H3,(H,23,25)(H,24,26). The molecule has 0 fully saturated rings. The first-order chi connectivity index (χ1) is 12.5. The third-order valence-corrected chi connectivity index (χ3v) is 4.60. The van der Waals surface area contributed by atoms with Gasteiger partial charge in [-0.15, -0.1) is 0 Å². The number of benzene rings is 2. The Kier molecular flexibility index (Phi) is 5.74. The summed E-state index contributed by atoms with van der Waals surface area (Å²) in [7, 11) is 0. The van der Waals surface area contributed by atoms with E-state index in [2.05, 4.69) is 10.3 Å². The molecule has 0 aliphatic rings. The molecule has 3 aromatic rings. The van der Waals surface area contributed by atoms with E-state index in [-0.39, 0.29) is 11.5 Å².